The van der Waals surface area contributed by atoms with E-state index >= 15 is 0 Å². The van der Waals surface area contributed by atoms with Gasteiger partial charge < -0.3 is 15.2 Å². The van der Waals surface area contributed by atoms with Gasteiger partial charge in [0.15, 0.2) is 0 Å². The molecule has 4 nitrogen and oxygen atoms in total. The number of rotatable bonds is 4. The molecule has 0 aliphatic heterocycles. The van der Waals surface area contributed by atoms with Crippen molar-refractivity contribution in [1.29, 1.82) is 0 Å². The molecular formula is C11H14F2N2O2. The van der Waals surface area contributed by atoms with E-state index in [9.17, 15) is 13.9 Å². The van der Waals surface area contributed by atoms with Crippen LogP contribution in [0.3, 0.4) is 0 Å². The van der Waals surface area contributed by atoms with Gasteiger partial charge in [-0.15, -0.1) is 0 Å². The number of pyridine rings is 1. The van der Waals surface area contributed by atoms with E-state index < -0.39 is 6.61 Å². The van der Waals surface area contributed by atoms with E-state index in [1.165, 1.54) is 12.3 Å². The fraction of sp³-hybridized carbons (Fsp3) is 0.545. The zero-order valence-electron chi connectivity index (χ0n) is 9.14. The molecule has 1 fully saturated rings. The van der Waals surface area contributed by atoms with Crippen molar-refractivity contribution in [1.82, 2.24) is 4.98 Å². The fourth-order valence-electron chi connectivity index (χ4n) is 1.94. The van der Waals surface area contributed by atoms with Crippen LogP contribution < -0.4 is 10.1 Å². The number of aromatic nitrogens is 1. The van der Waals surface area contributed by atoms with Gasteiger partial charge in [-0.3, -0.25) is 0 Å². The van der Waals surface area contributed by atoms with Crippen molar-refractivity contribution in [2.24, 2.45) is 0 Å². The highest BCUT2D eigenvalue weighted by atomic mass is 19.3. The summed E-state index contributed by atoms with van der Waals surface area (Å²) in [6.07, 6.45) is 3.51. The number of nitrogens with zero attached hydrogens (tertiary/aromatic N) is 1. The Hall–Kier alpha value is -1.43. The van der Waals surface area contributed by atoms with Crippen LogP contribution in [0.5, 0.6) is 5.75 Å². The molecule has 0 aromatic carbocycles. The molecule has 1 saturated carbocycles. The molecule has 0 spiro atoms. The number of hydrogen-bond donors (Lipinski definition) is 2. The first kappa shape index (κ1) is 12.0. The van der Waals surface area contributed by atoms with Gasteiger partial charge in [-0.05, 0) is 31.4 Å². The topological polar surface area (TPSA) is 54.4 Å². The first-order valence-corrected chi connectivity index (χ1v) is 5.50. The summed E-state index contributed by atoms with van der Waals surface area (Å²) in [5.41, 5.74) is 0. The molecule has 6 heteroatoms. The van der Waals surface area contributed by atoms with Crippen LogP contribution in [-0.4, -0.2) is 28.8 Å². The maximum absolute atomic E-state index is 11.9. The predicted molar refractivity (Wildman–Crippen MR) is 58.1 cm³/mol. The molecule has 0 radical (unpaired) electrons. The van der Waals surface area contributed by atoms with Crippen molar-refractivity contribution in [3.05, 3.63) is 18.3 Å². The molecule has 2 N–H and O–H groups in total. The SMILES string of the molecule is O[C@@H]1CCC[C@@H]1Nc1ccc(OC(F)F)cn1. The van der Waals surface area contributed by atoms with Crippen LogP contribution >= 0.6 is 0 Å². The van der Waals surface area contributed by atoms with Crippen molar-refractivity contribution in [3.63, 3.8) is 0 Å². The lowest BCUT2D eigenvalue weighted by Crippen LogP contribution is -2.28. The first-order valence-electron chi connectivity index (χ1n) is 5.50. The van der Waals surface area contributed by atoms with E-state index in [4.69, 9.17) is 0 Å². The molecule has 17 heavy (non-hydrogen) atoms. The van der Waals surface area contributed by atoms with Gasteiger partial charge in [0.25, 0.3) is 0 Å². The molecule has 1 aromatic heterocycles. The first-order chi connectivity index (χ1) is 8.15. The molecule has 94 valence electrons. The summed E-state index contributed by atoms with van der Waals surface area (Å²) >= 11 is 0. The van der Waals surface area contributed by atoms with Crippen LogP contribution in [0.2, 0.25) is 0 Å². The number of halogens is 2. The van der Waals surface area contributed by atoms with Crippen LogP contribution in [0.1, 0.15) is 19.3 Å². The Kier molecular flexibility index (Phi) is 3.73. The van der Waals surface area contributed by atoms with Crippen LogP contribution in [0.15, 0.2) is 18.3 Å². The van der Waals surface area contributed by atoms with E-state index in [1.807, 2.05) is 0 Å². The Balaban J connectivity index is 1.93. The number of anilines is 1. The third-order valence-electron chi connectivity index (χ3n) is 2.77. The molecular weight excluding hydrogens is 230 g/mol. The lowest BCUT2D eigenvalue weighted by atomic mass is 10.2. The second-order valence-electron chi connectivity index (χ2n) is 4.01. The Bertz CT molecular complexity index is 359. The van der Waals surface area contributed by atoms with Gasteiger partial charge in [-0.25, -0.2) is 4.98 Å². The number of alkyl halides is 2. The highest BCUT2D eigenvalue weighted by Crippen LogP contribution is 2.23. The maximum Gasteiger partial charge on any atom is 0.387 e. The summed E-state index contributed by atoms with van der Waals surface area (Å²) in [6.45, 7) is -2.84. The van der Waals surface area contributed by atoms with E-state index in [2.05, 4.69) is 15.0 Å². The van der Waals surface area contributed by atoms with E-state index in [-0.39, 0.29) is 17.9 Å². The molecule has 0 amide bonds. The van der Waals surface area contributed by atoms with Crippen LogP contribution in [0, 0.1) is 0 Å². The summed E-state index contributed by atoms with van der Waals surface area (Å²) in [7, 11) is 0. The Labute approximate surface area is 97.6 Å². The molecule has 2 rings (SSSR count). The molecule has 1 aliphatic carbocycles. The summed E-state index contributed by atoms with van der Waals surface area (Å²) in [6, 6.07) is 2.97. The average molecular weight is 244 g/mol. The maximum atomic E-state index is 11.9. The van der Waals surface area contributed by atoms with E-state index in [0.717, 1.165) is 19.3 Å². The molecule has 0 bridgehead atoms. The molecule has 2 atom stereocenters. The van der Waals surface area contributed by atoms with Gasteiger partial charge in [0.05, 0.1) is 18.3 Å². The number of ether oxygens (including phenoxy) is 1. The smallest absolute Gasteiger partial charge is 0.387 e. The second-order valence-corrected chi connectivity index (χ2v) is 4.01. The second kappa shape index (κ2) is 5.27. The average Bonchev–Trinajstić information content (AvgIpc) is 2.67. The Morgan fingerprint density at radius 1 is 1.41 bits per heavy atom. The van der Waals surface area contributed by atoms with Gasteiger partial charge in [0, 0.05) is 0 Å². The summed E-state index contributed by atoms with van der Waals surface area (Å²) < 4.78 is 28.0. The predicted octanol–water partition coefficient (Wildman–Crippen LogP) is 2.01. The lowest BCUT2D eigenvalue weighted by molar-refractivity contribution is -0.0500. The molecule has 0 saturated heterocycles. The van der Waals surface area contributed by atoms with Gasteiger partial charge in [0.2, 0.25) is 0 Å². The van der Waals surface area contributed by atoms with Crippen LogP contribution in [0.25, 0.3) is 0 Å². The monoisotopic (exact) mass is 244 g/mol. The normalized spacial score (nSPS) is 24.0. The highest BCUT2D eigenvalue weighted by molar-refractivity contribution is 5.39. The van der Waals surface area contributed by atoms with Crippen molar-refractivity contribution in [3.8, 4) is 5.75 Å². The minimum absolute atomic E-state index is 0.00985. The zero-order chi connectivity index (χ0) is 12.3. The van der Waals surface area contributed by atoms with Gasteiger partial charge in [0.1, 0.15) is 11.6 Å². The number of hydrogen-bond acceptors (Lipinski definition) is 4. The largest absolute Gasteiger partial charge is 0.433 e. The van der Waals surface area contributed by atoms with Crippen molar-refractivity contribution in [2.75, 3.05) is 5.32 Å². The third kappa shape index (κ3) is 3.26. The Morgan fingerprint density at radius 3 is 2.76 bits per heavy atom. The van der Waals surface area contributed by atoms with Crippen molar-refractivity contribution >= 4 is 5.82 Å². The molecule has 1 aromatic rings. The number of aliphatic hydroxyl groups excluding tert-OH is 1. The standard InChI is InChI=1S/C11H14F2N2O2/c12-11(13)17-7-4-5-10(14-6-7)15-8-2-1-3-9(8)16/h4-6,8-9,11,16H,1-3H2,(H,14,15)/t8-,9+/m0/s1. The zero-order valence-corrected chi connectivity index (χ0v) is 9.14. The molecule has 1 heterocycles. The van der Waals surface area contributed by atoms with Crippen molar-refractivity contribution in [2.45, 2.75) is 38.0 Å². The number of aliphatic hydroxyl groups is 1. The lowest BCUT2D eigenvalue weighted by Gasteiger charge is -2.17. The van der Waals surface area contributed by atoms with Gasteiger partial charge in [-0.1, -0.05) is 0 Å². The number of nitrogens with one attached hydrogen (secondary N) is 1. The molecule has 0 unspecified atom stereocenters. The quantitative estimate of drug-likeness (QED) is 0.850. The van der Waals surface area contributed by atoms with E-state index in [1.54, 1.807) is 6.07 Å². The summed E-state index contributed by atoms with van der Waals surface area (Å²) in [5.74, 6) is 0.579. The van der Waals surface area contributed by atoms with Crippen LogP contribution in [0.4, 0.5) is 14.6 Å². The van der Waals surface area contributed by atoms with E-state index in [0.29, 0.717) is 5.82 Å². The summed E-state index contributed by atoms with van der Waals surface area (Å²) in [5, 5.41) is 12.7. The fourth-order valence-corrected chi connectivity index (χ4v) is 1.94. The van der Waals surface area contributed by atoms with Gasteiger partial charge in [-0.2, -0.15) is 8.78 Å². The minimum Gasteiger partial charge on any atom is -0.433 e. The summed E-state index contributed by atoms with van der Waals surface area (Å²) in [4.78, 5) is 3.95. The van der Waals surface area contributed by atoms with Crippen LogP contribution in [-0.2, 0) is 0 Å². The molecule has 1 aliphatic rings. The van der Waals surface area contributed by atoms with Crippen molar-refractivity contribution < 1.29 is 18.6 Å². The Morgan fingerprint density at radius 2 is 2.24 bits per heavy atom. The highest BCUT2D eigenvalue weighted by Gasteiger charge is 2.25. The van der Waals surface area contributed by atoms with Gasteiger partial charge >= 0.3 is 6.61 Å². The third-order valence-corrected chi connectivity index (χ3v) is 2.77. The minimum atomic E-state index is -2.84.